The number of hydrogen-bond acceptors (Lipinski definition) is 2. The van der Waals surface area contributed by atoms with E-state index in [1.807, 2.05) is 0 Å². The molecule has 2 rings (SSSR count). The highest BCUT2D eigenvalue weighted by atomic mass is 19.1. The zero-order chi connectivity index (χ0) is 15.2. The molecule has 4 heteroatoms. The van der Waals surface area contributed by atoms with Gasteiger partial charge < -0.3 is 10.4 Å². The summed E-state index contributed by atoms with van der Waals surface area (Å²) in [4.78, 5) is 12.0. The smallest absolute Gasteiger partial charge is 0.244 e. The van der Waals surface area contributed by atoms with Gasteiger partial charge in [0, 0.05) is 18.7 Å². The lowest BCUT2D eigenvalue weighted by atomic mass is 9.86. The van der Waals surface area contributed by atoms with Crippen LogP contribution < -0.4 is 5.32 Å². The number of nitrogens with one attached hydrogen (secondary N) is 1. The summed E-state index contributed by atoms with van der Waals surface area (Å²) in [6.07, 6.45) is 5.24. The van der Waals surface area contributed by atoms with Gasteiger partial charge in [0.05, 0.1) is 0 Å². The van der Waals surface area contributed by atoms with Crippen molar-refractivity contribution in [1.29, 1.82) is 0 Å². The third kappa shape index (κ3) is 4.67. The molecule has 0 aromatic heterocycles. The van der Waals surface area contributed by atoms with E-state index >= 15 is 0 Å². The van der Waals surface area contributed by atoms with E-state index in [2.05, 4.69) is 5.32 Å². The van der Waals surface area contributed by atoms with E-state index in [0.717, 1.165) is 31.3 Å². The van der Waals surface area contributed by atoms with Crippen molar-refractivity contribution >= 4 is 11.5 Å². The minimum Gasteiger partial charge on any atom is -0.396 e. The Morgan fingerprint density at radius 1 is 1.38 bits per heavy atom. The molecule has 1 aromatic carbocycles. The topological polar surface area (TPSA) is 49.3 Å². The summed E-state index contributed by atoms with van der Waals surface area (Å²) in [6.45, 7) is 2.04. The maximum Gasteiger partial charge on any atom is 0.244 e. The van der Waals surface area contributed by atoms with E-state index in [9.17, 15) is 9.18 Å². The van der Waals surface area contributed by atoms with Crippen LogP contribution in [0.2, 0.25) is 0 Å². The molecule has 1 aliphatic rings. The number of aliphatic hydroxyl groups is 1. The molecule has 2 N–H and O–H groups in total. The van der Waals surface area contributed by atoms with Gasteiger partial charge in [-0.15, -0.1) is 0 Å². The molecule has 1 fully saturated rings. The molecule has 0 radical (unpaired) electrons. The van der Waals surface area contributed by atoms with Crippen LogP contribution in [-0.2, 0) is 4.79 Å². The van der Waals surface area contributed by atoms with Crippen LogP contribution in [0, 0.1) is 11.7 Å². The first kappa shape index (κ1) is 15.7. The van der Waals surface area contributed by atoms with Crippen molar-refractivity contribution in [3.63, 3.8) is 0 Å². The van der Waals surface area contributed by atoms with Gasteiger partial charge >= 0.3 is 0 Å². The zero-order valence-electron chi connectivity index (χ0n) is 12.3. The molecule has 1 aromatic rings. The molecule has 0 atom stereocenters. The van der Waals surface area contributed by atoms with Crippen LogP contribution in [0.4, 0.5) is 4.39 Å². The van der Waals surface area contributed by atoms with E-state index in [4.69, 9.17) is 5.11 Å². The van der Waals surface area contributed by atoms with Crippen LogP contribution in [0.15, 0.2) is 30.3 Å². The summed E-state index contributed by atoms with van der Waals surface area (Å²) in [5.74, 6) is -0.0603. The summed E-state index contributed by atoms with van der Waals surface area (Å²) in [6, 6.07) is 6.41. The second kappa shape index (κ2) is 7.36. The quantitative estimate of drug-likeness (QED) is 0.838. The van der Waals surface area contributed by atoms with Gasteiger partial charge in [-0.1, -0.05) is 12.1 Å². The molecule has 3 nitrogen and oxygen atoms in total. The van der Waals surface area contributed by atoms with Crippen LogP contribution in [0.1, 0.15) is 38.2 Å². The van der Waals surface area contributed by atoms with Gasteiger partial charge in [0.1, 0.15) is 5.82 Å². The van der Waals surface area contributed by atoms with Crippen molar-refractivity contribution in [3.8, 4) is 0 Å². The van der Waals surface area contributed by atoms with Crippen molar-refractivity contribution in [3.05, 3.63) is 41.7 Å². The van der Waals surface area contributed by atoms with E-state index < -0.39 is 0 Å². The van der Waals surface area contributed by atoms with Gasteiger partial charge in [-0.2, -0.15) is 0 Å². The number of benzene rings is 1. The highest BCUT2D eigenvalue weighted by molar-refractivity contribution is 5.95. The van der Waals surface area contributed by atoms with Gasteiger partial charge in [-0.25, -0.2) is 4.39 Å². The lowest BCUT2D eigenvalue weighted by molar-refractivity contribution is -0.117. The standard InChI is InChI=1S/C17H22FNO2/c1-12(14-3-2-4-15(18)10-14)9-17(21)19-16-7-5-13(11-20)6-8-16/h2-4,9-10,13,16,20H,5-8,11H2,1H3,(H,19,21)/b12-9-. The molecule has 21 heavy (non-hydrogen) atoms. The van der Waals surface area contributed by atoms with Crippen molar-refractivity contribution in [2.24, 2.45) is 5.92 Å². The van der Waals surface area contributed by atoms with Gasteiger partial charge in [0.2, 0.25) is 5.91 Å². The normalized spacial score (nSPS) is 22.9. The van der Waals surface area contributed by atoms with E-state index in [0.29, 0.717) is 11.5 Å². The second-order valence-corrected chi connectivity index (χ2v) is 5.75. The van der Waals surface area contributed by atoms with Crippen molar-refractivity contribution in [2.75, 3.05) is 6.61 Å². The van der Waals surface area contributed by atoms with Crippen LogP contribution in [-0.4, -0.2) is 23.7 Å². The first-order chi connectivity index (χ1) is 10.1. The SMILES string of the molecule is C/C(=C/C(=O)NC1CCC(CO)CC1)c1cccc(F)c1. The monoisotopic (exact) mass is 291 g/mol. The fourth-order valence-corrected chi connectivity index (χ4v) is 2.75. The Bertz CT molecular complexity index is 519. The lowest BCUT2D eigenvalue weighted by Crippen LogP contribution is -2.37. The summed E-state index contributed by atoms with van der Waals surface area (Å²) in [5, 5.41) is 12.1. The average Bonchev–Trinajstić information content (AvgIpc) is 2.48. The number of rotatable bonds is 4. The fraction of sp³-hybridized carbons (Fsp3) is 0.471. The first-order valence-corrected chi connectivity index (χ1v) is 7.44. The largest absolute Gasteiger partial charge is 0.396 e. The van der Waals surface area contributed by atoms with Gasteiger partial charge in [-0.05, 0) is 61.8 Å². The van der Waals surface area contributed by atoms with E-state index in [1.165, 1.54) is 18.2 Å². The minimum atomic E-state index is -0.303. The number of amides is 1. The molecule has 1 aliphatic carbocycles. The maximum atomic E-state index is 13.2. The summed E-state index contributed by atoms with van der Waals surface area (Å²) < 4.78 is 13.2. The predicted molar refractivity (Wildman–Crippen MR) is 81.0 cm³/mol. The van der Waals surface area contributed by atoms with Gasteiger partial charge in [0.25, 0.3) is 0 Å². The van der Waals surface area contributed by atoms with Crippen LogP contribution in [0.5, 0.6) is 0 Å². The van der Waals surface area contributed by atoms with Crippen molar-refractivity contribution < 1.29 is 14.3 Å². The molecule has 0 unspecified atom stereocenters. The van der Waals surface area contributed by atoms with Crippen molar-refractivity contribution in [2.45, 2.75) is 38.6 Å². The molecular weight excluding hydrogens is 269 g/mol. The number of carbonyl (C=O) groups is 1. The van der Waals surface area contributed by atoms with Crippen LogP contribution >= 0.6 is 0 Å². The molecule has 0 aliphatic heterocycles. The van der Waals surface area contributed by atoms with E-state index in [-0.39, 0.29) is 24.4 Å². The summed E-state index contributed by atoms with van der Waals surface area (Å²) in [5.41, 5.74) is 1.46. The third-order valence-corrected chi connectivity index (χ3v) is 4.08. The van der Waals surface area contributed by atoms with Gasteiger partial charge in [-0.3, -0.25) is 4.79 Å². The second-order valence-electron chi connectivity index (χ2n) is 5.75. The molecule has 0 bridgehead atoms. The van der Waals surface area contributed by atoms with Crippen LogP contribution in [0.25, 0.3) is 5.57 Å². The van der Waals surface area contributed by atoms with E-state index in [1.54, 1.807) is 19.1 Å². The van der Waals surface area contributed by atoms with Crippen molar-refractivity contribution in [1.82, 2.24) is 5.32 Å². The Morgan fingerprint density at radius 3 is 2.71 bits per heavy atom. The molecule has 1 saturated carbocycles. The predicted octanol–water partition coefficient (Wildman–Crippen LogP) is 2.90. The summed E-state index contributed by atoms with van der Waals surface area (Å²) >= 11 is 0. The Morgan fingerprint density at radius 2 is 2.10 bits per heavy atom. The Kier molecular flexibility index (Phi) is 5.51. The molecule has 0 spiro atoms. The Hall–Kier alpha value is -1.68. The molecular formula is C17H22FNO2. The average molecular weight is 291 g/mol. The lowest BCUT2D eigenvalue weighted by Gasteiger charge is -2.27. The highest BCUT2D eigenvalue weighted by Crippen LogP contribution is 2.23. The molecule has 1 amide bonds. The van der Waals surface area contributed by atoms with Crippen LogP contribution in [0.3, 0.4) is 0 Å². The Labute approximate surface area is 124 Å². The maximum absolute atomic E-state index is 13.2. The zero-order valence-corrected chi connectivity index (χ0v) is 12.3. The fourth-order valence-electron chi connectivity index (χ4n) is 2.75. The molecule has 114 valence electrons. The molecule has 0 saturated heterocycles. The van der Waals surface area contributed by atoms with Gasteiger partial charge in [0.15, 0.2) is 0 Å². The number of halogens is 1. The number of allylic oxidation sites excluding steroid dienone is 1. The minimum absolute atomic E-state index is 0.135. The first-order valence-electron chi connectivity index (χ1n) is 7.44. The highest BCUT2D eigenvalue weighted by Gasteiger charge is 2.21. The summed E-state index contributed by atoms with van der Waals surface area (Å²) in [7, 11) is 0. The molecule has 0 heterocycles. The Balaban J connectivity index is 1.90. The number of carbonyl (C=O) groups excluding carboxylic acids is 1. The number of hydrogen-bond donors (Lipinski definition) is 2. The third-order valence-electron chi connectivity index (χ3n) is 4.08. The number of aliphatic hydroxyl groups excluding tert-OH is 1.